The lowest BCUT2D eigenvalue weighted by Crippen LogP contribution is -2.30. The second kappa shape index (κ2) is 9.85. The van der Waals surface area contributed by atoms with Crippen LogP contribution in [0, 0.1) is 5.82 Å². The van der Waals surface area contributed by atoms with Crippen LogP contribution >= 0.6 is 23.4 Å². The SMILES string of the molecule is O=C(COc1ccc(F)cc1Cl)NCCSCCCO. The number of halogens is 2. The van der Waals surface area contributed by atoms with E-state index in [9.17, 15) is 9.18 Å². The van der Waals surface area contributed by atoms with Gasteiger partial charge in [0.1, 0.15) is 11.6 Å². The molecule has 7 heteroatoms. The van der Waals surface area contributed by atoms with Crippen molar-refractivity contribution >= 4 is 29.3 Å². The molecule has 0 saturated carbocycles. The Morgan fingerprint density at radius 2 is 2.25 bits per heavy atom. The van der Waals surface area contributed by atoms with Crippen LogP contribution in [0.3, 0.4) is 0 Å². The molecule has 0 aromatic heterocycles. The summed E-state index contributed by atoms with van der Waals surface area (Å²) in [6.07, 6.45) is 0.755. The van der Waals surface area contributed by atoms with E-state index in [2.05, 4.69) is 5.32 Å². The maximum absolute atomic E-state index is 12.8. The topological polar surface area (TPSA) is 58.6 Å². The van der Waals surface area contributed by atoms with E-state index in [4.69, 9.17) is 21.4 Å². The quantitative estimate of drug-likeness (QED) is 0.684. The lowest BCUT2D eigenvalue weighted by Gasteiger charge is -2.08. The molecule has 1 amide bonds. The van der Waals surface area contributed by atoms with Gasteiger partial charge >= 0.3 is 0 Å². The van der Waals surface area contributed by atoms with Crippen molar-refractivity contribution in [3.63, 3.8) is 0 Å². The number of hydrogen-bond donors (Lipinski definition) is 2. The molecule has 0 radical (unpaired) electrons. The number of amides is 1. The molecule has 0 atom stereocenters. The number of carbonyl (C=O) groups excluding carboxylic acids is 1. The van der Waals surface area contributed by atoms with E-state index in [1.807, 2.05) is 0 Å². The number of benzene rings is 1. The van der Waals surface area contributed by atoms with E-state index < -0.39 is 5.82 Å². The maximum Gasteiger partial charge on any atom is 0.257 e. The molecule has 0 unspecified atom stereocenters. The number of thioether (sulfide) groups is 1. The Bertz CT molecular complexity index is 434. The third-order valence-electron chi connectivity index (χ3n) is 2.27. The third-order valence-corrected chi connectivity index (χ3v) is 3.63. The predicted molar refractivity (Wildman–Crippen MR) is 78.9 cm³/mol. The average Bonchev–Trinajstić information content (AvgIpc) is 2.41. The second-order valence-electron chi connectivity index (χ2n) is 3.90. The van der Waals surface area contributed by atoms with Crippen molar-refractivity contribution in [2.75, 3.05) is 31.3 Å². The average molecular weight is 322 g/mol. The van der Waals surface area contributed by atoms with Gasteiger partial charge < -0.3 is 15.2 Å². The molecule has 1 aromatic carbocycles. The van der Waals surface area contributed by atoms with Gasteiger partial charge in [-0.2, -0.15) is 11.8 Å². The summed E-state index contributed by atoms with van der Waals surface area (Å²) in [5.74, 6) is 1.22. The summed E-state index contributed by atoms with van der Waals surface area (Å²) in [5, 5.41) is 11.4. The fourth-order valence-electron chi connectivity index (χ4n) is 1.32. The molecule has 4 nitrogen and oxygen atoms in total. The number of rotatable bonds is 9. The van der Waals surface area contributed by atoms with Gasteiger partial charge in [0.2, 0.25) is 0 Å². The van der Waals surface area contributed by atoms with E-state index in [1.165, 1.54) is 12.1 Å². The van der Waals surface area contributed by atoms with E-state index in [-0.39, 0.29) is 29.9 Å². The van der Waals surface area contributed by atoms with Crippen LogP contribution in [0.15, 0.2) is 18.2 Å². The standard InChI is InChI=1S/C13H17ClFNO3S/c14-11-8-10(15)2-3-12(11)19-9-13(18)16-4-7-20-6-1-5-17/h2-3,8,17H,1,4-7,9H2,(H,16,18). The lowest BCUT2D eigenvalue weighted by atomic mass is 10.3. The number of carbonyl (C=O) groups is 1. The minimum absolute atomic E-state index is 0.136. The fourth-order valence-corrected chi connectivity index (χ4v) is 2.32. The molecule has 1 rings (SSSR count). The number of ether oxygens (including phenoxy) is 1. The number of aliphatic hydroxyl groups excluding tert-OH is 1. The Morgan fingerprint density at radius 3 is 2.95 bits per heavy atom. The van der Waals surface area contributed by atoms with Gasteiger partial charge in [0, 0.05) is 18.9 Å². The summed E-state index contributed by atoms with van der Waals surface area (Å²) in [7, 11) is 0. The van der Waals surface area contributed by atoms with Crippen molar-refractivity contribution in [3.8, 4) is 5.75 Å². The van der Waals surface area contributed by atoms with E-state index in [0.717, 1.165) is 24.0 Å². The summed E-state index contributed by atoms with van der Waals surface area (Å²) < 4.78 is 18.0. The Hall–Kier alpha value is -0.980. The molecule has 0 aliphatic carbocycles. The van der Waals surface area contributed by atoms with Gasteiger partial charge in [0.25, 0.3) is 5.91 Å². The van der Waals surface area contributed by atoms with E-state index >= 15 is 0 Å². The fraction of sp³-hybridized carbons (Fsp3) is 0.462. The van der Waals surface area contributed by atoms with Crippen LogP contribution < -0.4 is 10.1 Å². The van der Waals surface area contributed by atoms with Gasteiger partial charge in [0.15, 0.2) is 6.61 Å². The Kier molecular flexibility index (Phi) is 8.41. The van der Waals surface area contributed by atoms with Crippen LogP contribution in [-0.2, 0) is 4.79 Å². The molecule has 0 saturated heterocycles. The summed E-state index contributed by atoms with van der Waals surface area (Å²) in [6, 6.07) is 3.74. The largest absolute Gasteiger partial charge is 0.482 e. The first-order chi connectivity index (χ1) is 9.63. The van der Waals surface area contributed by atoms with Crippen LogP contribution in [0.5, 0.6) is 5.75 Å². The summed E-state index contributed by atoms with van der Waals surface area (Å²) in [5.41, 5.74) is 0. The van der Waals surface area contributed by atoms with E-state index in [0.29, 0.717) is 6.54 Å². The Labute approximate surface area is 126 Å². The Morgan fingerprint density at radius 1 is 1.45 bits per heavy atom. The van der Waals surface area contributed by atoms with Gasteiger partial charge in [-0.25, -0.2) is 4.39 Å². The summed E-state index contributed by atoms with van der Waals surface area (Å²) in [4.78, 5) is 11.5. The molecule has 112 valence electrons. The zero-order valence-electron chi connectivity index (χ0n) is 10.9. The summed E-state index contributed by atoms with van der Waals surface area (Å²) in [6.45, 7) is 0.563. The molecular formula is C13H17ClFNO3S. The number of hydrogen-bond acceptors (Lipinski definition) is 4. The number of aliphatic hydroxyl groups is 1. The van der Waals surface area contributed by atoms with Crippen molar-refractivity contribution in [1.82, 2.24) is 5.32 Å². The minimum atomic E-state index is -0.452. The smallest absolute Gasteiger partial charge is 0.257 e. The normalized spacial score (nSPS) is 10.3. The highest BCUT2D eigenvalue weighted by atomic mass is 35.5. The molecule has 20 heavy (non-hydrogen) atoms. The van der Waals surface area contributed by atoms with Crippen LogP contribution in [0.1, 0.15) is 6.42 Å². The molecule has 0 aliphatic heterocycles. The molecule has 1 aromatic rings. The highest BCUT2D eigenvalue weighted by Gasteiger charge is 2.06. The maximum atomic E-state index is 12.8. The van der Waals surface area contributed by atoms with Gasteiger partial charge in [-0.1, -0.05) is 11.6 Å². The van der Waals surface area contributed by atoms with Crippen molar-refractivity contribution < 1.29 is 19.0 Å². The van der Waals surface area contributed by atoms with Crippen LogP contribution in [0.4, 0.5) is 4.39 Å². The van der Waals surface area contributed by atoms with Crippen LogP contribution in [-0.4, -0.2) is 42.3 Å². The monoisotopic (exact) mass is 321 g/mol. The predicted octanol–water partition coefficient (Wildman–Crippen LogP) is 2.09. The molecule has 0 bridgehead atoms. The highest BCUT2D eigenvalue weighted by Crippen LogP contribution is 2.24. The second-order valence-corrected chi connectivity index (χ2v) is 5.53. The highest BCUT2D eigenvalue weighted by molar-refractivity contribution is 7.99. The van der Waals surface area contributed by atoms with Crippen molar-refractivity contribution in [1.29, 1.82) is 0 Å². The van der Waals surface area contributed by atoms with Crippen molar-refractivity contribution in [2.45, 2.75) is 6.42 Å². The zero-order chi connectivity index (χ0) is 14.8. The first kappa shape index (κ1) is 17.1. The van der Waals surface area contributed by atoms with Crippen LogP contribution in [0.25, 0.3) is 0 Å². The van der Waals surface area contributed by atoms with Gasteiger partial charge in [-0.3, -0.25) is 4.79 Å². The molecule has 0 fully saturated rings. The number of nitrogens with one attached hydrogen (secondary N) is 1. The zero-order valence-corrected chi connectivity index (χ0v) is 12.5. The first-order valence-electron chi connectivity index (χ1n) is 6.16. The third kappa shape index (κ3) is 6.98. The summed E-state index contributed by atoms with van der Waals surface area (Å²) >= 11 is 7.43. The van der Waals surface area contributed by atoms with Crippen molar-refractivity contribution in [3.05, 3.63) is 29.0 Å². The van der Waals surface area contributed by atoms with Gasteiger partial charge in [-0.15, -0.1) is 0 Å². The van der Waals surface area contributed by atoms with Gasteiger partial charge in [-0.05, 0) is 30.4 Å². The minimum Gasteiger partial charge on any atom is -0.482 e. The lowest BCUT2D eigenvalue weighted by molar-refractivity contribution is -0.122. The first-order valence-corrected chi connectivity index (χ1v) is 7.70. The molecule has 2 N–H and O–H groups in total. The van der Waals surface area contributed by atoms with E-state index in [1.54, 1.807) is 11.8 Å². The molecule has 0 spiro atoms. The Balaban J connectivity index is 2.16. The van der Waals surface area contributed by atoms with Crippen LogP contribution in [0.2, 0.25) is 5.02 Å². The molecular weight excluding hydrogens is 305 g/mol. The van der Waals surface area contributed by atoms with Gasteiger partial charge in [0.05, 0.1) is 5.02 Å². The molecule has 0 heterocycles. The molecule has 0 aliphatic rings. The van der Waals surface area contributed by atoms with Crippen molar-refractivity contribution in [2.24, 2.45) is 0 Å².